The lowest BCUT2D eigenvalue weighted by atomic mass is 10.0. The van der Waals surface area contributed by atoms with Crippen molar-refractivity contribution < 1.29 is 39.9 Å². The number of amides is 1. The maximum Gasteiger partial charge on any atom is 0.422 e. The lowest BCUT2D eigenvalue weighted by molar-refractivity contribution is -0.143. The average molecular weight is 397 g/mol. The maximum atomic E-state index is 13.8. The Kier molecular flexibility index (Phi) is 5.48. The second kappa shape index (κ2) is 7.16. The number of nitrogens with one attached hydrogen (secondary N) is 1. The van der Waals surface area contributed by atoms with Crippen LogP contribution in [0.5, 0.6) is 0 Å². The summed E-state index contributed by atoms with van der Waals surface area (Å²) in [5.41, 5.74) is -3.83. The molecule has 0 saturated carbocycles. The van der Waals surface area contributed by atoms with Gasteiger partial charge in [0.2, 0.25) is 5.91 Å². The molecule has 0 aliphatic rings. The highest BCUT2D eigenvalue weighted by Gasteiger charge is 2.42. The fourth-order valence-electron chi connectivity index (χ4n) is 2.50. The standard InChI is InChI=1S/C17H11F8NO/c1-6-3-8(4-7(2)11(6)18)5-9(27)26-16-14(21)12(19)10(17(23,24)25)13(20)15(16)22/h3-4H,5H2,1-2H3,(H,26,27). The van der Waals surface area contributed by atoms with Crippen LogP contribution in [0.4, 0.5) is 40.8 Å². The van der Waals surface area contributed by atoms with Crippen molar-refractivity contribution in [3.8, 4) is 0 Å². The van der Waals surface area contributed by atoms with Crippen LogP contribution in [0.2, 0.25) is 0 Å². The van der Waals surface area contributed by atoms with Gasteiger partial charge < -0.3 is 5.32 Å². The summed E-state index contributed by atoms with van der Waals surface area (Å²) in [4.78, 5) is 11.9. The van der Waals surface area contributed by atoms with E-state index in [0.717, 1.165) is 0 Å². The van der Waals surface area contributed by atoms with Gasteiger partial charge in [-0.15, -0.1) is 0 Å². The van der Waals surface area contributed by atoms with Crippen molar-refractivity contribution in [2.45, 2.75) is 26.4 Å². The molecule has 0 atom stereocenters. The largest absolute Gasteiger partial charge is 0.422 e. The zero-order valence-electron chi connectivity index (χ0n) is 13.8. The number of halogens is 8. The van der Waals surface area contributed by atoms with Gasteiger partial charge in [0.25, 0.3) is 0 Å². The van der Waals surface area contributed by atoms with Gasteiger partial charge in [-0.25, -0.2) is 22.0 Å². The summed E-state index contributed by atoms with van der Waals surface area (Å²) in [6.45, 7) is 2.81. The molecule has 0 aliphatic carbocycles. The van der Waals surface area contributed by atoms with Crippen LogP contribution in [0.25, 0.3) is 0 Å². The Hall–Kier alpha value is -2.65. The minimum Gasteiger partial charge on any atom is -0.321 e. The summed E-state index contributed by atoms with van der Waals surface area (Å²) >= 11 is 0. The maximum absolute atomic E-state index is 13.8. The minimum atomic E-state index is -5.68. The predicted octanol–water partition coefficient (Wildman–Crippen LogP) is 5.20. The van der Waals surface area contributed by atoms with Crippen LogP contribution >= 0.6 is 0 Å². The molecule has 2 aromatic carbocycles. The topological polar surface area (TPSA) is 29.1 Å². The molecule has 1 amide bonds. The van der Waals surface area contributed by atoms with Gasteiger partial charge >= 0.3 is 6.18 Å². The summed E-state index contributed by atoms with van der Waals surface area (Å²) in [5.74, 6) is -11.8. The van der Waals surface area contributed by atoms with Gasteiger partial charge in [0.1, 0.15) is 17.1 Å². The van der Waals surface area contributed by atoms with Crippen molar-refractivity contribution in [2.24, 2.45) is 0 Å². The SMILES string of the molecule is Cc1cc(CC(=O)Nc2c(F)c(F)c(C(F)(F)F)c(F)c2F)cc(C)c1F. The number of hydrogen-bond acceptors (Lipinski definition) is 1. The van der Waals surface area contributed by atoms with Crippen molar-refractivity contribution in [3.05, 3.63) is 63.5 Å². The first kappa shape index (κ1) is 20.7. The van der Waals surface area contributed by atoms with Gasteiger partial charge in [-0.05, 0) is 30.5 Å². The highest BCUT2D eigenvalue weighted by atomic mass is 19.4. The van der Waals surface area contributed by atoms with Crippen molar-refractivity contribution in [3.63, 3.8) is 0 Å². The first-order valence-electron chi connectivity index (χ1n) is 7.33. The first-order chi connectivity index (χ1) is 12.3. The van der Waals surface area contributed by atoms with E-state index in [1.165, 1.54) is 31.3 Å². The molecule has 2 aromatic rings. The Labute approximate surface area is 147 Å². The summed E-state index contributed by atoms with van der Waals surface area (Å²) in [7, 11) is 0. The van der Waals surface area contributed by atoms with E-state index in [1.807, 2.05) is 0 Å². The fraction of sp³-hybridized carbons (Fsp3) is 0.235. The quantitative estimate of drug-likeness (QED) is 0.560. The van der Waals surface area contributed by atoms with E-state index in [2.05, 4.69) is 0 Å². The molecule has 0 radical (unpaired) electrons. The summed E-state index contributed by atoms with van der Waals surface area (Å²) < 4.78 is 106. The number of carbonyl (C=O) groups excluding carboxylic acids is 1. The molecule has 10 heteroatoms. The molecule has 2 nitrogen and oxygen atoms in total. The molecule has 0 saturated heterocycles. The third kappa shape index (κ3) is 4.04. The van der Waals surface area contributed by atoms with E-state index in [0.29, 0.717) is 0 Å². The second-order valence-corrected chi connectivity index (χ2v) is 5.77. The Morgan fingerprint density at radius 2 is 1.30 bits per heavy atom. The molecule has 0 aliphatic heterocycles. The Morgan fingerprint density at radius 3 is 1.70 bits per heavy atom. The number of aryl methyl sites for hydroxylation is 2. The van der Waals surface area contributed by atoms with Gasteiger partial charge in [0.15, 0.2) is 23.3 Å². The molecule has 0 spiro atoms. The third-order valence-electron chi connectivity index (χ3n) is 3.67. The number of benzene rings is 2. The van der Waals surface area contributed by atoms with Gasteiger partial charge in [-0.1, -0.05) is 12.1 Å². The second-order valence-electron chi connectivity index (χ2n) is 5.77. The smallest absolute Gasteiger partial charge is 0.321 e. The Bertz CT molecular complexity index is 868. The first-order valence-corrected chi connectivity index (χ1v) is 7.33. The lowest BCUT2D eigenvalue weighted by Crippen LogP contribution is -2.21. The van der Waals surface area contributed by atoms with Crippen LogP contribution in [0.3, 0.4) is 0 Å². The van der Waals surface area contributed by atoms with Crippen molar-refractivity contribution in [1.82, 2.24) is 0 Å². The van der Waals surface area contributed by atoms with Crippen LogP contribution in [-0.2, 0) is 17.4 Å². The fourth-order valence-corrected chi connectivity index (χ4v) is 2.50. The minimum absolute atomic E-state index is 0.182. The highest BCUT2D eigenvalue weighted by Crippen LogP contribution is 2.38. The van der Waals surface area contributed by atoms with E-state index >= 15 is 0 Å². The van der Waals surface area contributed by atoms with E-state index in [4.69, 9.17) is 0 Å². The van der Waals surface area contributed by atoms with Gasteiger partial charge in [-0.2, -0.15) is 13.2 Å². The van der Waals surface area contributed by atoms with Crippen molar-refractivity contribution in [1.29, 1.82) is 0 Å². The number of rotatable bonds is 3. The van der Waals surface area contributed by atoms with Crippen LogP contribution in [-0.4, -0.2) is 5.91 Å². The number of alkyl halides is 3. The monoisotopic (exact) mass is 397 g/mol. The third-order valence-corrected chi connectivity index (χ3v) is 3.67. The summed E-state index contributed by atoms with van der Waals surface area (Å²) in [5, 5.41) is 1.51. The van der Waals surface area contributed by atoms with E-state index in [9.17, 15) is 39.9 Å². The van der Waals surface area contributed by atoms with Crippen LogP contribution < -0.4 is 5.32 Å². The molecule has 146 valence electrons. The van der Waals surface area contributed by atoms with Gasteiger partial charge in [0, 0.05) is 0 Å². The number of anilines is 1. The van der Waals surface area contributed by atoms with Gasteiger partial charge in [-0.3, -0.25) is 4.79 Å². The molecule has 1 N–H and O–H groups in total. The molecule has 0 heterocycles. The molecule has 0 aromatic heterocycles. The zero-order chi connectivity index (χ0) is 20.7. The van der Waals surface area contributed by atoms with Crippen LogP contribution in [0.15, 0.2) is 12.1 Å². The van der Waals surface area contributed by atoms with E-state index < -0.39 is 58.8 Å². The molecule has 0 fully saturated rings. The van der Waals surface area contributed by atoms with Gasteiger partial charge in [0.05, 0.1) is 6.42 Å². The molecule has 0 unspecified atom stereocenters. The highest BCUT2D eigenvalue weighted by molar-refractivity contribution is 5.92. The number of carbonyl (C=O) groups is 1. The molecule has 27 heavy (non-hydrogen) atoms. The average Bonchev–Trinajstić information content (AvgIpc) is 2.53. The lowest BCUT2D eigenvalue weighted by Gasteiger charge is -2.15. The Morgan fingerprint density at radius 1 is 0.852 bits per heavy atom. The molecule has 0 bridgehead atoms. The van der Waals surface area contributed by atoms with Crippen molar-refractivity contribution >= 4 is 11.6 Å². The zero-order valence-corrected chi connectivity index (χ0v) is 13.8. The number of hydrogen-bond donors (Lipinski definition) is 1. The van der Waals surface area contributed by atoms with Crippen molar-refractivity contribution in [2.75, 3.05) is 5.32 Å². The normalized spacial score (nSPS) is 11.6. The van der Waals surface area contributed by atoms with Crippen LogP contribution in [0.1, 0.15) is 22.3 Å². The van der Waals surface area contributed by atoms with E-state index in [-0.39, 0.29) is 16.7 Å². The van der Waals surface area contributed by atoms with E-state index in [1.54, 1.807) is 0 Å². The Balaban J connectivity index is 2.36. The summed E-state index contributed by atoms with van der Waals surface area (Å²) in [6.07, 6.45) is -6.24. The molecule has 2 rings (SSSR count). The molecular formula is C17H11F8NO. The summed E-state index contributed by atoms with van der Waals surface area (Å²) in [6, 6.07) is 2.53. The molecular weight excluding hydrogens is 386 g/mol. The predicted molar refractivity (Wildman–Crippen MR) is 79.5 cm³/mol. The van der Waals surface area contributed by atoms with Crippen LogP contribution in [0, 0.1) is 42.9 Å².